The highest BCUT2D eigenvalue weighted by atomic mass is 19.3. The molecule has 2 N–H and O–H groups in total. The van der Waals surface area contributed by atoms with Crippen molar-refractivity contribution in [3.8, 4) is 22.9 Å². The number of halogens is 2. The zero-order chi connectivity index (χ0) is 14.7. The fourth-order valence-electron chi connectivity index (χ4n) is 1.72. The number of alkyl halides is 2. The van der Waals surface area contributed by atoms with Gasteiger partial charge in [0, 0.05) is 11.1 Å². The second-order valence-electron chi connectivity index (χ2n) is 3.81. The van der Waals surface area contributed by atoms with Gasteiger partial charge in [0.05, 0.1) is 20.8 Å². The molecule has 1 aromatic heterocycles. The van der Waals surface area contributed by atoms with E-state index in [1.54, 1.807) is 0 Å². The largest absolute Gasteiger partial charge is 0.493 e. The Bertz CT molecular complexity index is 602. The van der Waals surface area contributed by atoms with Crippen LogP contribution in [0.25, 0.3) is 11.4 Å². The molecule has 0 amide bonds. The first-order chi connectivity index (χ1) is 9.60. The molecule has 2 rings (SSSR count). The number of aromatic nitrogens is 2. The third-order valence-electron chi connectivity index (χ3n) is 2.67. The van der Waals surface area contributed by atoms with Crippen LogP contribution in [0.5, 0.6) is 11.5 Å². The van der Waals surface area contributed by atoms with E-state index >= 15 is 0 Å². The number of nitrogens with two attached hydrogens (primary N) is 1. The van der Waals surface area contributed by atoms with Crippen molar-refractivity contribution >= 4 is 0 Å². The molecule has 0 radical (unpaired) electrons. The highest BCUT2D eigenvalue weighted by molar-refractivity contribution is 5.66. The van der Waals surface area contributed by atoms with Crippen LogP contribution in [0.4, 0.5) is 8.78 Å². The number of ether oxygens (including phenoxy) is 2. The summed E-state index contributed by atoms with van der Waals surface area (Å²) < 4.78 is 41.2. The topological polar surface area (TPSA) is 83.4 Å². The number of rotatable bonds is 5. The Kier molecular flexibility index (Phi) is 4.14. The van der Waals surface area contributed by atoms with Crippen LogP contribution in [0.15, 0.2) is 16.7 Å². The van der Waals surface area contributed by atoms with Crippen molar-refractivity contribution in [2.45, 2.75) is 13.0 Å². The molecule has 0 saturated carbocycles. The molecule has 2 aromatic rings. The van der Waals surface area contributed by atoms with E-state index in [1.165, 1.54) is 26.4 Å². The van der Waals surface area contributed by atoms with Crippen LogP contribution in [0.1, 0.15) is 17.9 Å². The van der Waals surface area contributed by atoms with E-state index in [1.807, 2.05) is 0 Å². The van der Waals surface area contributed by atoms with Gasteiger partial charge in [-0.05, 0) is 12.1 Å². The van der Waals surface area contributed by atoms with E-state index in [0.29, 0.717) is 5.75 Å². The smallest absolute Gasteiger partial charge is 0.264 e. The van der Waals surface area contributed by atoms with Gasteiger partial charge in [-0.25, -0.2) is 8.78 Å². The number of benzene rings is 1. The van der Waals surface area contributed by atoms with Gasteiger partial charge in [0.15, 0.2) is 11.5 Å². The number of nitrogens with zero attached hydrogens (tertiary/aromatic N) is 2. The summed E-state index contributed by atoms with van der Waals surface area (Å²) in [7, 11) is 2.78. The summed E-state index contributed by atoms with van der Waals surface area (Å²) in [4.78, 5) is 3.94. The second kappa shape index (κ2) is 5.83. The fourth-order valence-corrected chi connectivity index (χ4v) is 1.72. The lowest BCUT2D eigenvalue weighted by molar-refractivity contribution is 0.151. The third kappa shape index (κ3) is 2.55. The predicted octanol–water partition coefficient (Wildman–Crippen LogP) is 2.15. The van der Waals surface area contributed by atoms with Crippen LogP contribution in [-0.2, 0) is 6.54 Å². The molecule has 8 heteroatoms. The van der Waals surface area contributed by atoms with Crippen molar-refractivity contribution in [2.75, 3.05) is 14.2 Å². The number of hydrogen-bond donors (Lipinski definition) is 1. The lowest BCUT2D eigenvalue weighted by atomic mass is 10.1. The Morgan fingerprint density at radius 1 is 1.25 bits per heavy atom. The van der Waals surface area contributed by atoms with Crippen molar-refractivity contribution in [3.63, 3.8) is 0 Å². The average Bonchev–Trinajstić information content (AvgIpc) is 2.94. The standard InChI is InChI=1S/C12H13F2N3O3/c1-18-8-3-6(11(13)14)7(4-9(8)19-2)12-16-10(5-15)20-17-12/h3-4,11H,5,15H2,1-2H3. The van der Waals surface area contributed by atoms with E-state index in [4.69, 9.17) is 19.7 Å². The van der Waals surface area contributed by atoms with Gasteiger partial charge in [0.25, 0.3) is 6.43 Å². The maximum absolute atomic E-state index is 13.1. The summed E-state index contributed by atoms with van der Waals surface area (Å²) in [5, 5.41) is 3.64. The number of methoxy groups -OCH3 is 2. The van der Waals surface area contributed by atoms with Gasteiger partial charge >= 0.3 is 0 Å². The molecule has 20 heavy (non-hydrogen) atoms. The highest BCUT2D eigenvalue weighted by Crippen LogP contribution is 2.38. The van der Waals surface area contributed by atoms with Gasteiger partial charge in [0.1, 0.15) is 0 Å². The summed E-state index contributed by atoms with van der Waals surface area (Å²) >= 11 is 0. The van der Waals surface area contributed by atoms with Crippen LogP contribution in [0, 0.1) is 0 Å². The van der Waals surface area contributed by atoms with Crippen LogP contribution < -0.4 is 15.2 Å². The zero-order valence-electron chi connectivity index (χ0n) is 10.9. The quantitative estimate of drug-likeness (QED) is 0.906. The second-order valence-corrected chi connectivity index (χ2v) is 3.81. The molecule has 0 aliphatic carbocycles. The van der Waals surface area contributed by atoms with Gasteiger partial charge in [-0.3, -0.25) is 0 Å². The van der Waals surface area contributed by atoms with E-state index in [0.717, 1.165) is 0 Å². The van der Waals surface area contributed by atoms with Crippen LogP contribution in [0.2, 0.25) is 0 Å². The molecular formula is C12H13F2N3O3. The molecule has 0 saturated heterocycles. The van der Waals surface area contributed by atoms with Crippen molar-refractivity contribution < 1.29 is 22.8 Å². The number of hydrogen-bond acceptors (Lipinski definition) is 6. The van der Waals surface area contributed by atoms with Crippen molar-refractivity contribution in [1.82, 2.24) is 10.1 Å². The predicted molar refractivity (Wildman–Crippen MR) is 65.7 cm³/mol. The molecule has 0 fully saturated rings. The molecule has 0 spiro atoms. The van der Waals surface area contributed by atoms with E-state index in [9.17, 15) is 8.78 Å². The summed E-state index contributed by atoms with van der Waals surface area (Å²) in [5.74, 6) is 0.691. The Balaban J connectivity index is 2.60. The Morgan fingerprint density at radius 3 is 2.40 bits per heavy atom. The van der Waals surface area contributed by atoms with Gasteiger partial charge in [0.2, 0.25) is 11.7 Å². The Hall–Kier alpha value is -2.22. The van der Waals surface area contributed by atoms with Gasteiger partial charge < -0.3 is 19.7 Å². The highest BCUT2D eigenvalue weighted by Gasteiger charge is 2.22. The Morgan fingerprint density at radius 2 is 1.90 bits per heavy atom. The zero-order valence-corrected chi connectivity index (χ0v) is 10.9. The van der Waals surface area contributed by atoms with Gasteiger partial charge in [-0.15, -0.1) is 0 Å². The molecule has 6 nitrogen and oxygen atoms in total. The summed E-state index contributed by atoms with van der Waals surface area (Å²) in [5.41, 5.74) is 5.19. The monoisotopic (exact) mass is 285 g/mol. The normalized spacial score (nSPS) is 10.9. The third-order valence-corrected chi connectivity index (χ3v) is 2.67. The fraction of sp³-hybridized carbons (Fsp3) is 0.333. The minimum atomic E-state index is -2.72. The van der Waals surface area contributed by atoms with Gasteiger partial charge in [-0.1, -0.05) is 5.16 Å². The van der Waals surface area contributed by atoms with Crippen LogP contribution in [-0.4, -0.2) is 24.4 Å². The minimum Gasteiger partial charge on any atom is -0.493 e. The first-order valence-electron chi connectivity index (χ1n) is 5.67. The maximum atomic E-state index is 13.1. The van der Waals surface area contributed by atoms with E-state index < -0.39 is 6.43 Å². The lowest BCUT2D eigenvalue weighted by Crippen LogP contribution is -1.98. The Labute approximate surface area is 113 Å². The molecular weight excluding hydrogens is 272 g/mol. The maximum Gasteiger partial charge on any atom is 0.264 e. The van der Waals surface area contributed by atoms with Crippen LogP contribution in [0.3, 0.4) is 0 Å². The minimum absolute atomic E-state index is 0.0294. The van der Waals surface area contributed by atoms with Crippen molar-refractivity contribution in [3.05, 3.63) is 23.6 Å². The van der Waals surface area contributed by atoms with E-state index in [-0.39, 0.29) is 35.1 Å². The molecule has 0 unspecified atom stereocenters. The molecule has 0 atom stereocenters. The average molecular weight is 285 g/mol. The molecule has 0 bridgehead atoms. The van der Waals surface area contributed by atoms with E-state index in [2.05, 4.69) is 10.1 Å². The lowest BCUT2D eigenvalue weighted by Gasteiger charge is -2.12. The molecule has 0 aliphatic rings. The molecule has 0 aliphatic heterocycles. The molecule has 1 aromatic carbocycles. The summed E-state index contributed by atoms with van der Waals surface area (Å²) in [6.07, 6.45) is -2.72. The SMILES string of the molecule is COc1cc(-c2noc(CN)n2)c(C(F)F)cc1OC. The summed E-state index contributed by atoms with van der Waals surface area (Å²) in [6.45, 7) is 0.0320. The van der Waals surface area contributed by atoms with Crippen molar-refractivity contribution in [2.24, 2.45) is 5.73 Å². The first kappa shape index (κ1) is 14.2. The van der Waals surface area contributed by atoms with Crippen LogP contribution >= 0.6 is 0 Å². The summed E-state index contributed by atoms with van der Waals surface area (Å²) in [6, 6.07) is 2.57. The van der Waals surface area contributed by atoms with Gasteiger partial charge in [-0.2, -0.15) is 4.98 Å². The first-order valence-corrected chi connectivity index (χ1v) is 5.67. The molecule has 108 valence electrons. The van der Waals surface area contributed by atoms with Crippen molar-refractivity contribution in [1.29, 1.82) is 0 Å². The molecule has 1 heterocycles.